The Labute approximate surface area is 140 Å². The second kappa shape index (κ2) is 12.4. The summed E-state index contributed by atoms with van der Waals surface area (Å²) in [5, 5.41) is 6.57. The number of methoxy groups -OCH3 is 1. The van der Waals surface area contributed by atoms with Gasteiger partial charge in [0.2, 0.25) is 0 Å². The standard InChI is InChI=1S/C14H28N4O.HI/c1-4-7-16-14(15-2)17-12-13-5-8-18(9-6-13)10-11-19-3;/h4,13H,1,5-12H2,2-3H3,(H2,15,16,17);1H. The SMILES string of the molecule is C=CCNC(=NC)NCC1CCN(CCOC)CC1.I. The Kier molecular flexibility index (Phi) is 12.2. The highest BCUT2D eigenvalue weighted by atomic mass is 127. The van der Waals surface area contributed by atoms with Crippen LogP contribution in [0.3, 0.4) is 0 Å². The molecule has 0 atom stereocenters. The van der Waals surface area contributed by atoms with Crippen molar-refractivity contribution >= 4 is 29.9 Å². The van der Waals surface area contributed by atoms with Crippen molar-refractivity contribution in [2.45, 2.75) is 12.8 Å². The van der Waals surface area contributed by atoms with Gasteiger partial charge in [0.05, 0.1) is 6.61 Å². The lowest BCUT2D eigenvalue weighted by Crippen LogP contribution is -2.43. The summed E-state index contributed by atoms with van der Waals surface area (Å²) in [5.74, 6) is 1.60. The molecule has 0 aromatic rings. The third kappa shape index (κ3) is 8.06. The van der Waals surface area contributed by atoms with E-state index in [0.717, 1.165) is 38.1 Å². The number of aliphatic imine (C=N–C) groups is 1. The largest absolute Gasteiger partial charge is 0.383 e. The van der Waals surface area contributed by atoms with Gasteiger partial charge in [-0.2, -0.15) is 0 Å². The molecule has 1 heterocycles. The zero-order valence-corrected chi connectivity index (χ0v) is 15.1. The highest BCUT2D eigenvalue weighted by Gasteiger charge is 2.18. The van der Waals surface area contributed by atoms with E-state index in [1.54, 1.807) is 14.2 Å². The van der Waals surface area contributed by atoms with Crippen LogP contribution in [0, 0.1) is 5.92 Å². The maximum atomic E-state index is 5.12. The molecule has 1 fully saturated rings. The van der Waals surface area contributed by atoms with Gasteiger partial charge in [-0.1, -0.05) is 6.08 Å². The molecule has 0 unspecified atom stereocenters. The minimum absolute atomic E-state index is 0. The first-order chi connectivity index (χ1) is 9.30. The summed E-state index contributed by atoms with van der Waals surface area (Å²) in [7, 11) is 3.56. The number of hydrogen-bond donors (Lipinski definition) is 2. The maximum absolute atomic E-state index is 5.12. The fourth-order valence-corrected chi connectivity index (χ4v) is 2.27. The van der Waals surface area contributed by atoms with Crippen molar-refractivity contribution in [3.63, 3.8) is 0 Å². The number of likely N-dealkylation sites (tertiary alicyclic amines) is 1. The van der Waals surface area contributed by atoms with Gasteiger partial charge in [-0.3, -0.25) is 4.99 Å². The van der Waals surface area contributed by atoms with Gasteiger partial charge >= 0.3 is 0 Å². The lowest BCUT2D eigenvalue weighted by Gasteiger charge is -2.32. The molecule has 20 heavy (non-hydrogen) atoms. The predicted octanol–water partition coefficient (Wildman–Crippen LogP) is 1.31. The van der Waals surface area contributed by atoms with Gasteiger partial charge in [-0.15, -0.1) is 30.6 Å². The van der Waals surface area contributed by atoms with Gasteiger partial charge < -0.3 is 20.3 Å². The predicted molar refractivity (Wildman–Crippen MR) is 96.0 cm³/mol. The number of rotatable bonds is 7. The molecular formula is C14H29IN4O. The third-order valence-corrected chi connectivity index (χ3v) is 3.51. The summed E-state index contributed by atoms with van der Waals surface area (Å²) < 4.78 is 5.12. The van der Waals surface area contributed by atoms with Crippen LogP contribution >= 0.6 is 24.0 Å². The lowest BCUT2D eigenvalue weighted by atomic mass is 9.97. The molecule has 0 aromatic carbocycles. The topological polar surface area (TPSA) is 48.9 Å². The van der Waals surface area contributed by atoms with Crippen LogP contribution in [0.25, 0.3) is 0 Å². The van der Waals surface area contributed by atoms with Crippen LogP contribution in [-0.2, 0) is 4.74 Å². The van der Waals surface area contributed by atoms with E-state index in [-0.39, 0.29) is 24.0 Å². The van der Waals surface area contributed by atoms with Gasteiger partial charge in [-0.25, -0.2) is 0 Å². The highest BCUT2D eigenvalue weighted by Crippen LogP contribution is 2.15. The molecule has 0 radical (unpaired) electrons. The molecule has 118 valence electrons. The molecule has 0 spiro atoms. The molecule has 5 nitrogen and oxygen atoms in total. The van der Waals surface area contributed by atoms with Crippen LogP contribution in [0.15, 0.2) is 17.6 Å². The summed E-state index contributed by atoms with van der Waals surface area (Å²) in [6, 6.07) is 0. The smallest absolute Gasteiger partial charge is 0.191 e. The molecule has 6 heteroatoms. The maximum Gasteiger partial charge on any atom is 0.191 e. The van der Waals surface area contributed by atoms with Crippen LogP contribution in [0.5, 0.6) is 0 Å². The van der Waals surface area contributed by atoms with Crippen molar-refractivity contribution < 1.29 is 4.74 Å². The number of hydrogen-bond acceptors (Lipinski definition) is 3. The molecule has 0 aromatic heterocycles. The van der Waals surface area contributed by atoms with Crippen molar-refractivity contribution in [2.24, 2.45) is 10.9 Å². The summed E-state index contributed by atoms with van der Waals surface area (Å²) in [6.07, 6.45) is 4.32. The van der Waals surface area contributed by atoms with E-state index in [0.29, 0.717) is 0 Å². The average Bonchev–Trinajstić information content (AvgIpc) is 2.46. The summed E-state index contributed by atoms with van der Waals surface area (Å²) >= 11 is 0. The van der Waals surface area contributed by atoms with E-state index in [4.69, 9.17) is 4.74 Å². The first-order valence-electron chi connectivity index (χ1n) is 7.06. The Balaban J connectivity index is 0.00000361. The third-order valence-electron chi connectivity index (χ3n) is 3.51. The Morgan fingerprint density at radius 3 is 2.65 bits per heavy atom. The van der Waals surface area contributed by atoms with Crippen molar-refractivity contribution in [1.29, 1.82) is 0 Å². The molecule has 1 aliphatic heterocycles. The van der Waals surface area contributed by atoms with Crippen LogP contribution in [0.2, 0.25) is 0 Å². The van der Waals surface area contributed by atoms with E-state index in [1.807, 2.05) is 6.08 Å². The minimum atomic E-state index is 0. The van der Waals surface area contributed by atoms with E-state index in [1.165, 1.54) is 25.9 Å². The number of ether oxygens (including phenoxy) is 1. The average molecular weight is 396 g/mol. The van der Waals surface area contributed by atoms with E-state index >= 15 is 0 Å². The zero-order chi connectivity index (χ0) is 13.9. The molecule has 1 rings (SSSR count). The molecule has 0 bridgehead atoms. The number of halogens is 1. The second-order valence-corrected chi connectivity index (χ2v) is 4.90. The molecule has 0 saturated carbocycles. The minimum Gasteiger partial charge on any atom is -0.383 e. The fourth-order valence-electron chi connectivity index (χ4n) is 2.27. The van der Waals surface area contributed by atoms with Crippen LogP contribution in [0.4, 0.5) is 0 Å². The first-order valence-corrected chi connectivity index (χ1v) is 7.06. The van der Waals surface area contributed by atoms with Gasteiger partial charge in [0.15, 0.2) is 5.96 Å². The second-order valence-electron chi connectivity index (χ2n) is 4.90. The Hall–Kier alpha value is -0.340. The zero-order valence-electron chi connectivity index (χ0n) is 12.7. The first kappa shape index (κ1) is 19.7. The van der Waals surface area contributed by atoms with Gasteiger partial charge in [0.1, 0.15) is 0 Å². The van der Waals surface area contributed by atoms with Crippen LogP contribution < -0.4 is 10.6 Å². The quantitative estimate of drug-likeness (QED) is 0.295. The fraction of sp³-hybridized carbons (Fsp3) is 0.786. The van der Waals surface area contributed by atoms with Crippen molar-refractivity contribution in [2.75, 3.05) is 53.5 Å². The van der Waals surface area contributed by atoms with Crippen molar-refractivity contribution in [1.82, 2.24) is 15.5 Å². The van der Waals surface area contributed by atoms with Gasteiger partial charge in [0, 0.05) is 33.8 Å². The summed E-state index contributed by atoms with van der Waals surface area (Å²) in [4.78, 5) is 6.66. The number of nitrogens with one attached hydrogen (secondary N) is 2. The van der Waals surface area contributed by atoms with E-state index in [9.17, 15) is 0 Å². The van der Waals surface area contributed by atoms with Crippen molar-refractivity contribution in [3.05, 3.63) is 12.7 Å². The lowest BCUT2D eigenvalue weighted by molar-refractivity contribution is 0.121. The Morgan fingerprint density at radius 1 is 1.40 bits per heavy atom. The summed E-state index contributed by atoms with van der Waals surface area (Å²) in [6.45, 7) is 9.67. The molecular weight excluding hydrogens is 367 g/mol. The van der Waals surface area contributed by atoms with Crippen LogP contribution in [-0.4, -0.2) is 64.3 Å². The molecule has 1 aliphatic rings. The number of piperidine rings is 1. The normalized spacial score (nSPS) is 17.4. The highest BCUT2D eigenvalue weighted by molar-refractivity contribution is 14.0. The molecule has 0 aliphatic carbocycles. The molecule has 0 amide bonds. The monoisotopic (exact) mass is 396 g/mol. The molecule has 1 saturated heterocycles. The van der Waals surface area contributed by atoms with Gasteiger partial charge in [0.25, 0.3) is 0 Å². The molecule has 2 N–H and O–H groups in total. The van der Waals surface area contributed by atoms with E-state index in [2.05, 4.69) is 27.1 Å². The van der Waals surface area contributed by atoms with E-state index < -0.39 is 0 Å². The summed E-state index contributed by atoms with van der Waals surface area (Å²) in [5.41, 5.74) is 0. The Bertz CT molecular complexity index is 278. The van der Waals surface area contributed by atoms with Crippen molar-refractivity contribution in [3.8, 4) is 0 Å². The Morgan fingerprint density at radius 2 is 2.10 bits per heavy atom. The number of guanidine groups is 1. The van der Waals surface area contributed by atoms with Crippen LogP contribution in [0.1, 0.15) is 12.8 Å². The van der Waals surface area contributed by atoms with Gasteiger partial charge in [-0.05, 0) is 31.8 Å². The number of nitrogens with zero attached hydrogens (tertiary/aromatic N) is 2.